The van der Waals surface area contributed by atoms with Crippen molar-refractivity contribution in [2.75, 3.05) is 5.32 Å². The zero-order chi connectivity index (χ0) is 21.0. The molecule has 4 nitrogen and oxygen atoms in total. The summed E-state index contributed by atoms with van der Waals surface area (Å²) in [7, 11) is 0. The molecule has 0 atom stereocenters. The molecule has 1 N–H and O–H groups in total. The molecular formula is C21H13ClF3NO3. The van der Waals surface area contributed by atoms with Crippen LogP contribution in [-0.4, -0.2) is 18.3 Å². The van der Waals surface area contributed by atoms with Gasteiger partial charge in [0.15, 0.2) is 5.78 Å². The molecule has 0 heterocycles. The molecule has 0 bridgehead atoms. The van der Waals surface area contributed by atoms with E-state index < -0.39 is 24.1 Å². The number of hydrogen-bond acceptors (Lipinski definition) is 3. The highest BCUT2D eigenvalue weighted by atomic mass is 35.5. The Kier molecular flexibility index (Phi) is 6.19. The number of anilines is 1. The van der Waals surface area contributed by atoms with E-state index in [9.17, 15) is 22.8 Å². The highest BCUT2D eigenvalue weighted by Crippen LogP contribution is 2.25. The molecule has 29 heavy (non-hydrogen) atoms. The number of carbonyl (C=O) groups is 2. The summed E-state index contributed by atoms with van der Waals surface area (Å²) in [6.07, 6.45) is 0. The standard InChI is InChI=1S/C21H13ClF3NO3/c22-13-7-10-18(16(11-13)19(27)15-3-1-2-4-17(15)23)26-20(28)12-5-8-14(9-6-12)29-21(24)25/h1-11,21H,(H,26,28). The summed E-state index contributed by atoms with van der Waals surface area (Å²) in [6.45, 7) is -2.98. The van der Waals surface area contributed by atoms with Gasteiger partial charge in [-0.15, -0.1) is 0 Å². The maximum absolute atomic E-state index is 14.0. The van der Waals surface area contributed by atoms with Gasteiger partial charge in [-0.05, 0) is 54.6 Å². The predicted molar refractivity (Wildman–Crippen MR) is 102 cm³/mol. The SMILES string of the molecule is O=C(Nc1ccc(Cl)cc1C(=O)c1ccccc1F)c1ccc(OC(F)F)cc1. The number of amides is 1. The van der Waals surface area contributed by atoms with Gasteiger partial charge in [0.25, 0.3) is 5.91 Å². The molecule has 0 saturated heterocycles. The summed E-state index contributed by atoms with van der Waals surface area (Å²) in [5, 5.41) is 2.79. The minimum atomic E-state index is -2.98. The van der Waals surface area contributed by atoms with Gasteiger partial charge in [0.05, 0.1) is 11.3 Å². The molecule has 3 aromatic rings. The lowest BCUT2D eigenvalue weighted by molar-refractivity contribution is -0.0498. The number of ether oxygens (including phenoxy) is 1. The van der Waals surface area contributed by atoms with Crippen molar-refractivity contribution in [3.63, 3.8) is 0 Å². The van der Waals surface area contributed by atoms with Crippen LogP contribution in [0.1, 0.15) is 26.3 Å². The van der Waals surface area contributed by atoms with Crippen LogP contribution in [0.4, 0.5) is 18.9 Å². The van der Waals surface area contributed by atoms with Crippen LogP contribution >= 0.6 is 11.6 Å². The Balaban J connectivity index is 1.87. The molecule has 0 saturated carbocycles. The van der Waals surface area contributed by atoms with Crippen molar-refractivity contribution in [3.8, 4) is 5.75 Å². The summed E-state index contributed by atoms with van der Waals surface area (Å²) < 4.78 is 42.7. The van der Waals surface area contributed by atoms with E-state index in [0.29, 0.717) is 0 Å². The number of hydrogen-bond donors (Lipinski definition) is 1. The molecule has 0 unspecified atom stereocenters. The van der Waals surface area contributed by atoms with Gasteiger partial charge in [-0.25, -0.2) is 4.39 Å². The van der Waals surface area contributed by atoms with Crippen molar-refractivity contribution < 1.29 is 27.5 Å². The van der Waals surface area contributed by atoms with Gasteiger partial charge in [-0.1, -0.05) is 23.7 Å². The Morgan fingerprint density at radius 2 is 1.62 bits per heavy atom. The lowest BCUT2D eigenvalue weighted by Crippen LogP contribution is -2.16. The topological polar surface area (TPSA) is 55.4 Å². The van der Waals surface area contributed by atoms with E-state index in [1.54, 1.807) is 0 Å². The van der Waals surface area contributed by atoms with Crippen LogP contribution < -0.4 is 10.1 Å². The van der Waals surface area contributed by atoms with Crippen LogP contribution in [0.3, 0.4) is 0 Å². The third kappa shape index (κ3) is 4.94. The molecule has 0 fully saturated rings. The first kappa shape index (κ1) is 20.4. The van der Waals surface area contributed by atoms with Crippen LogP contribution in [0.25, 0.3) is 0 Å². The van der Waals surface area contributed by atoms with Crippen molar-refractivity contribution in [1.29, 1.82) is 0 Å². The second kappa shape index (κ2) is 8.79. The summed E-state index contributed by atoms with van der Waals surface area (Å²) in [5.74, 6) is -2.05. The van der Waals surface area contributed by atoms with Gasteiger partial charge in [0.2, 0.25) is 0 Å². The summed E-state index contributed by atoms with van der Waals surface area (Å²) in [4.78, 5) is 25.3. The van der Waals surface area contributed by atoms with Crippen molar-refractivity contribution >= 4 is 29.0 Å². The Morgan fingerprint density at radius 1 is 0.931 bits per heavy atom. The van der Waals surface area contributed by atoms with Crippen LogP contribution in [0.2, 0.25) is 5.02 Å². The number of halogens is 4. The predicted octanol–water partition coefficient (Wildman–Crippen LogP) is 5.56. The normalized spacial score (nSPS) is 10.7. The average Bonchev–Trinajstić information content (AvgIpc) is 2.69. The fraction of sp³-hybridized carbons (Fsp3) is 0.0476. The Labute approximate surface area is 168 Å². The van der Waals surface area contributed by atoms with Crippen molar-refractivity contribution in [2.24, 2.45) is 0 Å². The van der Waals surface area contributed by atoms with Crippen LogP contribution in [0, 0.1) is 5.82 Å². The van der Waals surface area contributed by atoms with E-state index in [2.05, 4.69) is 10.1 Å². The molecular weight excluding hydrogens is 407 g/mol. The van der Waals surface area contributed by atoms with E-state index in [1.165, 1.54) is 60.7 Å². The molecule has 0 radical (unpaired) electrons. The van der Waals surface area contributed by atoms with E-state index in [1.807, 2.05) is 0 Å². The molecule has 0 aliphatic rings. The van der Waals surface area contributed by atoms with Gasteiger partial charge in [0, 0.05) is 16.1 Å². The summed E-state index contributed by atoms with van der Waals surface area (Å²) >= 11 is 5.97. The molecule has 148 valence electrons. The number of nitrogens with one attached hydrogen (secondary N) is 1. The average molecular weight is 420 g/mol. The third-order valence-corrected chi connectivity index (χ3v) is 4.17. The first-order valence-electron chi connectivity index (χ1n) is 8.30. The monoisotopic (exact) mass is 419 g/mol. The molecule has 0 aromatic heterocycles. The van der Waals surface area contributed by atoms with Crippen LogP contribution in [-0.2, 0) is 0 Å². The molecule has 3 rings (SSSR count). The van der Waals surface area contributed by atoms with Crippen molar-refractivity contribution in [1.82, 2.24) is 0 Å². The smallest absolute Gasteiger partial charge is 0.387 e. The Bertz CT molecular complexity index is 1060. The highest BCUT2D eigenvalue weighted by Gasteiger charge is 2.19. The van der Waals surface area contributed by atoms with Crippen molar-refractivity contribution in [2.45, 2.75) is 6.61 Å². The zero-order valence-electron chi connectivity index (χ0n) is 14.7. The molecule has 1 amide bonds. The molecule has 0 spiro atoms. The number of rotatable bonds is 6. The summed E-state index contributed by atoms with van der Waals surface area (Å²) in [6, 6.07) is 14.7. The minimum Gasteiger partial charge on any atom is -0.435 e. The fourth-order valence-corrected chi connectivity index (χ4v) is 2.76. The van der Waals surface area contributed by atoms with Gasteiger partial charge in [-0.2, -0.15) is 8.78 Å². The lowest BCUT2D eigenvalue weighted by Gasteiger charge is -2.12. The van der Waals surface area contributed by atoms with Crippen molar-refractivity contribution in [3.05, 3.63) is 94.3 Å². The van der Waals surface area contributed by atoms with Crippen LogP contribution in [0.5, 0.6) is 5.75 Å². The molecule has 8 heteroatoms. The maximum atomic E-state index is 14.0. The molecule has 3 aromatic carbocycles. The Hall–Kier alpha value is -3.32. The van der Waals surface area contributed by atoms with Gasteiger partial charge in [-0.3, -0.25) is 9.59 Å². The highest BCUT2D eigenvalue weighted by molar-refractivity contribution is 6.31. The van der Waals surface area contributed by atoms with Gasteiger partial charge < -0.3 is 10.1 Å². The largest absolute Gasteiger partial charge is 0.435 e. The Morgan fingerprint density at radius 3 is 2.28 bits per heavy atom. The lowest BCUT2D eigenvalue weighted by atomic mass is 10.0. The number of carbonyl (C=O) groups excluding carboxylic acids is 2. The molecule has 0 aliphatic carbocycles. The van der Waals surface area contributed by atoms with E-state index in [-0.39, 0.29) is 33.1 Å². The van der Waals surface area contributed by atoms with Gasteiger partial charge in [0.1, 0.15) is 11.6 Å². The molecule has 0 aliphatic heterocycles. The first-order chi connectivity index (χ1) is 13.8. The number of benzene rings is 3. The fourth-order valence-electron chi connectivity index (χ4n) is 2.59. The second-order valence-corrected chi connectivity index (χ2v) is 6.29. The van der Waals surface area contributed by atoms with E-state index in [4.69, 9.17) is 11.6 Å². The van der Waals surface area contributed by atoms with Gasteiger partial charge >= 0.3 is 6.61 Å². The van der Waals surface area contributed by atoms with Crippen LogP contribution in [0.15, 0.2) is 66.7 Å². The maximum Gasteiger partial charge on any atom is 0.387 e. The quantitative estimate of drug-likeness (QED) is 0.532. The number of ketones is 1. The van der Waals surface area contributed by atoms with E-state index in [0.717, 1.165) is 6.07 Å². The minimum absolute atomic E-state index is 0.00797. The zero-order valence-corrected chi connectivity index (χ0v) is 15.4. The second-order valence-electron chi connectivity index (χ2n) is 5.86. The summed E-state index contributed by atoms with van der Waals surface area (Å²) in [5.41, 5.74) is 0.110. The van der Waals surface area contributed by atoms with E-state index >= 15 is 0 Å². The number of alkyl halides is 2. The third-order valence-electron chi connectivity index (χ3n) is 3.93. The first-order valence-corrected chi connectivity index (χ1v) is 8.68.